The van der Waals surface area contributed by atoms with Crippen LogP contribution in [0.4, 0.5) is 0 Å². The van der Waals surface area contributed by atoms with E-state index in [-0.39, 0.29) is 16.9 Å². The summed E-state index contributed by atoms with van der Waals surface area (Å²) in [5, 5.41) is 10.5. The second-order valence-electron chi connectivity index (χ2n) is 6.61. The molecule has 17 heavy (non-hydrogen) atoms. The Morgan fingerprint density at radius 3 is 2.71 bits per heavy atom. The van der Waals surface area contributed by atoms with Crippen LogP contribution in [-0.2, 0) is 4.79 Å². The normalized spacial score (nSPS) is 45.3. The Bertz CT molecular complexity index is 347. The lowest BCUT2D eigenvalue weighted by molar-refractivity contribution is -0.104. The van der Waals surface area contributed by atoms with Gasteiger partial charge in [0.2, 0.25) is 0 Å². The third-order valence-corrected chi connectivity index (χ3v) is 5.33. The summed E-state index contributed by atoms with van der Waals surface area (Å²) in [5.74, 6) is 0.674. The Morgan fingerprint density at radius 2 is 2.18 bits per heavy atom. The minimum Gasteiger partial charge on any atom is -0.392 e. The number of hydrogen-bond donors (Lipinski definition) is 1. The average Bonchev–Trinajstić information content (AvgIpc) is 2.77. The van der Waals surface area contributed by atoms with Gasteiger partial charge in [-0.05, 0) is 61.3 Å². The quantitative estimate of drug-likeness (QED) is 0.601. The largest absolute Gasteiger partial charge is 0.392 e. The fourth-order valence-electron chi connectivity index (χ4n) is 4.10. The monoisotopic (exact) mass is 236 g/mol. The van der Waals surface area contributed by atoms with Crippen molar-refractivity contribution >= 4 is 6.29 Å². The Labute approximate surface area is 104 Å². The Balaban J connectivity index is 2.03. The van der Waals surface area contributed by atoms with E-state index >= 15 is 0 Å². The van der Waals surface area contributed by atoms with Gasteiger partial charge in [-0.1, -0.05) is 19.9 Å². The summed E-state index contributed by atoms with van der Waals surface area (Å²) in [6.07, 6.45) is 8.27. The van der Waals surface area contributed by atoms with Gasteiger partial charge in [-0.15, -0.1) is 0 Å². The number of allylic oxidation sites excluding steroid dienone is 2. The van der Waals surface area contributed by atoms with Gasteiger partial charge in [0.1, 0.15) is 6.29 Å². The summed E-state index contributed by atoms with van der Waals surface area (Å²) < 4.78 is 0. The van der Waals surface area contributed by atoms with Crippen molar-refractivity contribution in [2.75, 3.05) is 0 Å². The van der Waals surface area contributed by atoms with Gasteiger partial charge < -0.3 is 5.11 Å². The van der Waals surface area contributed by atoms with Gasteiger partial charge in [0, 0.05) is 0 Å². The molecule has 0 unspecified atom stereocenters. The minimum atomic E-state index is -0.168. The number of carbonyl (C=O) groups excluding carboxylic acids is 1. The Kier molecular flexibility index (Phi) is 3.19. The topological polar surface area (TPSA) is 37.3 Å². The number of fused-ring (bicyclic) bond motifs is 2. The zero-order valence-corrected chi connectivity index (χ0v) is 11.2. The average molecular weight is 236 g/mol. The van der Waals surface area contributed by atoms with E-state index in [0.717, 1.165) is 24.7 Å². The molecule has 2 heteroatoms. The molecule has 0 spiro atoms. The molecule has 2 aliphatic carbocycles. The Hall–Kier alpha value is -0.630. The molecule has 4 atom stereocenters. The van der Waals surface area contributed by atoms with Crippen molar-refractivity contribution in [1.82, 2.24) is 0 Å². The first-order valence-corrected chi connectivity index (χ1v) is 6.72. The van der Waals surface area contributed by atoms with Gasteiger partial charge >= 0.3 is 0 Å². The van der Waals surface area contributed by atoms with Gasteiger partial charge in [-0.3, -0.25) is 4.79 Å². The van der Waals surface area contributed by atoms with Crippen molar-refractivity contribution in [1.29, 1.82) is 0 Å². The second-order valence-corrected chi connectivity index (χ2v) is 6.61. The first kappa shape index (κ1) is 12.8. The molecule has 2 aliphatic rings. The fourth-order valence-corrected chi connectivity index (χ4v) is 4.10. The molecule has 2 rings (SSSR count). The molecule has 1 N–H and O–H groups in total. The Morgan fingerprint density at radius 1 is 1.47 bits per heavy atom. The van der Waals surface area contributed by atoms with E-state index in [1.165, 1.54) is 19.3 Å². The van der Waals surface area contributed by atoms with Gasteiger partial charge in [0.05, 0.1) is 6.10 Å². The van der Waals surface area contributed by atoms with Crippen molar-refractivity contribution in [2.45, 2.75) is 59.0 Å². The highest BCUT2D eigenvalue weighted by Gasteiger charge is 2.60. The van der Waals surface area contributed by atoms with Crippen LogP contribution in [0.5, 0.6) is 0 Å². The van der Waals surface area contributed by atoms with E-state index < -0.39 is 0 Å². The molecular formula is C15H24O2. The molecule has 0 aromatic heterocycles. The van der Waals surface area contributed by atoms with E-state index in [0.29, 0.717) is 5.92 Å². The molecule has 2 bridgehead atoms. The van der Waals surface area contributed by atoms with Crippen LogP contribution < -0.4 is 0 Å². The predicted octanol–water partition coefficient (Wildman–Crippen LogP) is 3.10. The zero-order valence-electron chi connectivity index (χ0n) is 11.2. The first-order valence-electron chi connectivity index (χ1n) is 6.72. The van der Waals surface area contributed by atoms with Crippen LogP contribution in [0.1, 0.15) is 52.9 Å². The predicted molar refractivity (Wildman–Crippen MR) is 68.6 cm³/mol. The lowest BCUT2D eigenvalue weighted by atomic mass is 9.66. The lowest BCUT2D eigenvalue weighted by Gasteiger charge is -2.41. The van der Waals surface area contributed by atoms with Crippen LogP contribution in [0.15, 0.2) is 11.6 Å². The van der Waals surface area contributed by atoms with E-state index in [4.69, 9.17) is 0 Å². The highest BCUT2D eigenvalue weighted by atomic mass is 16.3. The third kappa shape index (κ3) is 1.97. The number of aliphatic hydroxyl groups is 1. The maximum absolute atomic E-state index is 10.5. The third-order valence-electron chi connectivity index (χ3n) is 5.33. The summed E-state index contributed by atoms with van der Waals surface area (Å²) in [6.45, 7) is 6.31. The molecule has 2 nitrogen and oxygen atoms in total. The van der Waals surface area contributed by atoms with E-state index in [9.17, 15) is 9.90 Å². The second kappa shape index (κ2) is 4.24. The van der Waals surface area contributed by atoms with Crippen LogP contribution in [0.2, 0.25) is 0 Å². The summed E-state index contributed by atoms with van der Waals surface area (Å²) >= 11 is 0. The van der Waals surface area contributed by atoms with Crippen LogP contribution in [0.3, 0.4) is 0 Å². The van der Waals surface area contributed by atoms with Crippen molar-refractivity contribution < 1.29 is 9.90 Å². The molecule has 2 saturated carbocycles. The van der Waals surface area contributed by atoms with Crippen molar-refractivity contribution in [3.8, 4) is 0 Å². The fraction of sp³-hybridized carbons (Fsp3) is 0.800. The SMILES string of the molecule is C/C(C=O)=C\CC[C@@]1(C)[C@@H]2CC[C@@](C)(C2)[C@@H]1O. The zero-order chi connectivity index (χ0) is 12.7. The minimum absolute atomic E-state index is 0.0622. The molecule has 0 aromatic carbocycles. The molecule has 2 fully saturated rings. The van der Waals surface area contributed by atoms with Gasteiger partial charge in [-0.2, -0.15) is 0 Å². The van der Waals surface area contributed by atoms with Crippen LogP contribution >= 0.6 is 0 Å². The summed E-state index contributed by atoms with van der Waals surface area (Å²) in [5.41, 5.74) is 1.02. The van der Waals surface area contributed by atoms with E-state index in [2.05, 4.69) is 13.8 Å². The van der Waals surface area contributed by atoms with Crippen molar-refractivity contribution in [3.63, 3.8) is 0 Å². The maximum Gasteiger partial charge on any atom is 0.145 e. The first-order chi connectivity index (χ1) is 7.92. The molecule has 0 aliphatic heterocycles. The van der Waals surface area contributed by atoms with Gasteiger partial charge in [0.25, 0.3) is 0 Å². The number of aliphatic hydroxyl groups excluding tert-OH is 1. The smallest absolute Gasteiger partial charge is 0.145 e. The van der Waals surface area contributed by atoms with Crippen LogP contribution in [-0.4, -0.2) is 17.5 Å². The standard InChI is InChI=1S/C15H24O2/c1-11(10-16)5-4-7-15(3)12-6-8-14(2,9-12)13(15)17/h5,10,12-13,17H,4,6-9H2,1-3H3/b11-5+/t12-,13+,14+,15+/m1/s1. The van der Waals surface area contributed by atoms with Gasteiger partial charge in [0.15, 0.2) is 0 Å². The van der Waals surface area contributed by atoms with Gasteiger partial charge in [-0.25, -0.2) is 0 Å². The molecule has 0 radical (unpaired) electrons. The number of hydrogen-bond acceptors (Lipinski definition) is 2. The summed E-state index contributed by atoms with van der Waals surface area (Å²) in [7, 11) is 0. The number of aldehydes is 1. The number of carbonyl (C=O) groups is 1. The van der Waals surface area contributed by atoms with E-state index in [1.807, 2.05) is 13.0 Å². The highest BCUT2D eigenvalue weighted by Crippen LogP contribution is 2.64. The van der Waals surface area contributed by atoms with Crippen LogP contribution in [0.25, 0.3) is 0 Å². The molecular weight excluding hydrogens is 212 g/mol. The highest BCUT2D eigenvalue weighted by molar-refractivity contribution is 5.71. The number of rotatable bonds is 4. The molecule has 0 heterocycles. The maximum atomic E-state index is 10.5. The summed E-state index contributed by atoms with van der Waals surface area (Å²) in [6, 6.07) is 0. The molecule has 96 valence electrons. The van der Waals surface area contributed by atoms with E-state index in [1.54, 1.807) is 0 Å². The molecule has 0 saturated heterocycles. The molecule has 0 aromatic rings. The van der Waals surface area contributed by atoms with Crippen molar-refractivity contribution in [3.05, 3.63) is 11.6 Å². The lowest BCUT2D eigenvalue weighted by Crippen LogP contribution is -2.42. The summed E-state index contributed by atoms with van der Waals surface area (Å²) in [4.78, 5) is 10.5. The van der Waals surface area contributed by atoms with Crippen molar-refractivity contribution in [2.24, 2.45) is 16.7 Å². The van der Waals surface area contributed by atoms with Crippen LogP contribution in [0, 0.1) is 16.7 Å². The molecule has 0 amide bonds.